The van der Waals surface area contributed by atoms with Crippen molar-refractivity contribution in [1.82, 2.24) is 15.9 Å². The smallest absolute Gasteiger partial charge is 0.322 e. The Morgan fingerprint density at radius 1 is 1.32 bits per heavy atom. The molecular weight excluding hydrogens is 400 g/mol. The minimum Gasteiger partial charge on any atom is -0.481 e. The summed E-state index contributed by atoms with van der Waals surface area (Å²) in [5.41, 5.74) is 7.44. The molecule has 1 saturated heterocycles. The second-order valence-corrected chi connectivity index (χ2v) is 7.94. The second-order valence-electron chi connectivity index (χ2n) is 7.94. The van der Waals surface area contributed by atoms with Gasteiger partial charge in [0, 0.05) is 36.5 Å². The van der Waals surface area contributed by atoms with E-state index in [2.05, 4.69) is 22.1 Å². The lowest BCUT2D eigenvalue weighted by molar-refractivity contribution is -0.143. The zero-order valence-corrected chi connectivity index (χ0v) is 17.9. The van der Waals surface area contributed by atoms with Gasteiger partial charge in [0.25, 0.3) is 0 Å². The number of ether oxygens (including phenoxy) is 3. The monoisotopic (exact) mass is 430 g/mol. The van der Waals surface area contributed by atoms with Crippen molar-refractivity contribution in [1.29, 1.82) is 0 Å². The highest BCUT2D eigenvalue weighted by Crippen LogP contribution is 2.34. The summed E-state index contributed by atoms with van der Waals surface area (Å²) in [6.07, 6.45) is 5.15. The zero-order valence-electron chi connectivity index (χ0n) is 17.9. The summed E-state index contributed by atoms with van der Waals surface area (Å²) in [7, 11) is 2.98. The van der Waals surface area contributed by atoms with Crippen LogP contribution in [0.2, 0.25) is 0 Å². The highest BCUT2D eigenvalue weighted by molar-refractivity contribution is 5.76. The molecule has 1 fully saturated rings. The van der Waals surface area contributed by atoms with E-state index < -0.39 is 0 Å². The van der Waals surface area contributed by atoms with Gasteiger partial charge in [0.2, 0.25) is 5.88 Å². The molecule has 3 heterocycles. The van der Waals surface area contributed by atoms with Crippen molar-refractivity contribution in [2.75, 3.05) is 32.7 Å². The Kier molecular flexibility index (Phi) is 6.64. The van der Waals surface area contributed by atoms with Crippen molar-refractivity contribution >= 4 is 17.4 Å². The van der Waals surface area contributed by atoms with Crippen molar-refractivity contribution in [3.05, 3.63) is 46.9 Å². The van der Waals surface area contributed by atoms with E-state index in [1.54, 1.807) is 7.11 Å². The number of methoxy groups -OCH3 is 2. The number of hydroxylamine groups is 1. The number of nitrogens with zero attached hydrogens (tertiary/aromatic N) is 1. The topological polar surface area (TPSA) is 104 Å². The average molecular weight is 431 g/mol. The first-order valence-electron chi connectivity index (χ1n) is 10.6. The predicted octanol–water partition coefficient (Wildman–Crippen LogP) is 2.11. The predicted molar refractivity (Wildman–Crippen MR) is 115 cm³/mol. The molecule has 0 radical (unpaired) electrons. The van der Waals surface area contributed by atoms with Crippen molar-refractivity contribution in [2.45, 2.75) is 44.4 Å². The van der Waals surface area contributed by atoms with E-state index in [0.717, 1.165) is 53.2 Å². The quantitative estimate of drug-likeness (QED) is 0.535. The molecule has 3 aliphatic heterocycles. The summed E-state index contributed by atoms with van der Waals surface area (Å²) >= 11 is 0. The summed E-state index contributed by atoms with van der Waals surface area (Å²) in [6.45, 7) is 1.79. The highest BCUT2D eigenvalue weighted by Gasteiger charge is 2.27. The third kappa shape index (κ3) is 4.79. The molecule has 0 bridgehead atoms. The third-order valence-corrected chi connectivity index (χ3v) is 5.88. The van der Waals surface area contributed by atoms with E-state index in [9.17, 15) is 10.0 Å². The third-order valence-electron chi connectivity index (χ3n) is 5.88. The van der Waals surface area contributed by atoms with Crippen LogP contribution in [0.25, 0.3) is 5.70 Å². The van der Waals surface area contributed by atoms with Gasteiger partial charge in [-0.1, -0.05) is 6.07 Å². The summed E-state index contributed by atoms with van der Waals surface area (Å²) in [5.74, 6) is 0.286. The van der Waals surface area contributed by atoms with Gasteiger partial charge in [0.15, 0.2) is 0 Å². The maximum absolute atomic E-state index is 11.7. The van der Waals surface area contributed by atoms with Gasteiger partial charge in [0.1, 0.15) is 6.04 Å². The Labute approximate surface area is 182 Å². The van der Waals surface area contributed by atoms with Gasteiger partial charge in [0.05, 0.1) is 26.5 Å². The first kappa shape index (κ1) is 21.5. The fraction of sp³-hybridized carbons (Fsp3) is 0.500. The van der Waals surface area contributed by atoms with Crippen LogP contribution in [-0.4, -0.2) is 55.8 Å². The Morgan fingerprint density at radius 3 is 2.94 bits per heavy atom. The van der Waals surface area contributed by atoms with E-state index >= 15 is 0 Å². The number of carbonyl (C=O) groups excluding carboxylic acids is 1. The molecular formula is C22H30N4O5. The first-order valence-corrected chi connectivity index (χ1v) is 10.6. The van der Waals surface area contributed by atoms with Gasteiger partial charge in [-0.05, 0) is 49.0 Å². The van der Waals surface area contributed by atoms with E-state index in [0.29, 0.717) is 31.3 Å². The van der Waals surface area contributed by atoms with Gasteiger partial charge < -0.3 is 24.8 Å². The van der Waals surface area contributed by atoms with Crippen LogP contribution in [0.4, 0.5) is 5.69 Å². The molecule has 0 aromatic heterocycles. The fourth-order valence-electron chi connectivity index (χ4n) is 4.28. The van der Waals surface area contributed by atoms with E-state index in [4.69, 9.17) is 14.2 Å². The molecule has 0 amide bonds. The van der Waals surface area contributed by atoms with Crippen LogP contribution in [0, 0.1) is 0 Å². The van der Waals surface area contributed by atoms with Gasteiger partial charge in [-0.2, -0.15) is 5.17 Å². The second kappa shape index (κ2) is 9.59. The molecule has 168 valence electrons. The van der Waals surface area contributed by atoms with Crippen LogP contribution in [0.5, 0.6) is 0 Å². The number of esters is 1. The fourth-order valence-corrected chi connectivity index (χ4v) is 4.28. The van der Waals surface area contributed by atoms with E-state index in [1.807, 2.05) is 18.2 Å². The Bertz CT molecular complexity index is 877. The lowest BCUT2D eigenvalue weighted by Crippen LogP contribution is -2.48. The number of nitrogens with one attached hydrogen (secondary N) is 3. The summed E-state index contributed by atoms with van der Waals surface area (Å²) < 4.78 is 16.0. The molecule has 3 aliphatic rings. The number of piperidine rings is 1. The lowest BCUT2D eigenvalue weighted by atomic mass is 9.97. The lowest BCUT2D eigenvalue weighted by Gasteiger charge is -2.31. The van der Waals surface area contributed by atoms with Crippen molar-refractivity contribution in [3.8, 4) is 0 Å². The van der Waals surface area contributed by atoms with Crippen LogP contribution >= 0.6 is 0 Å². The Hall–Kier alpha value is -2.75. The number of hydrogen-bond acceptors (Lipinski definition) is 9. The van der Waals surface area contributed by atoms with Crippen LogP contribution in [0.1, 0.15) is 36.8 Å². The number of carbonyl (C=O) groups is 1. The minimum atomic E-state index is -0.235. The number of hydrazine groups is 1. The minimum absolute atomic E-state index is 0.211. The standard InChI is InChI=1S/C22H30N4O5/c1-29-20-11-14-4-3-9-31-13-15-10-16(5-7-18(15)21(14)26(28)25-20)24-17-6-8-19(23-12-17)22(27)30-2/h5,7,10-11,17,19,23-25,28H,3-4,6,8-9,12-13H2,1-2H3/t17-,19+/m1/s1. The van der Waals surface area contributed by atoms with E-state index in [-0.39, 0.29) is 18.1 Å². The molecule has 2 atom stereocenters. The molecule has 0 spiro atoms. The maximum atomic E-state index is 11.7. The molecule has 0 unspecified atom stereocenters. The van der Waals surface area contributed by atoms with Gasteiger partial charge in [-0.25, -0.2) is 5.43 Å². The summed E-state index contributed by atoms with van der Waals surface area (Å²) in [6, 6.07) is 6.06. The molecule has 31 heavy (non-hydrogen) atoms. The van der Waals surface area contributed by atoms with Crippen LogP contribution in [0.15, 0.2) is 35.7 Å². The maximum Gasteiger partial charge on any atom is 0.322 e. The Balaban J connectivity index is 1.55. The average Bonchev–Trinajstić information content (AvgIpc) is 2.87. The molecule has 1 aromatic rings. The summed E-state index contributed by atoms with van der Waals surface area (Å²) in [4.78, 5) is 11.7. The van der Waals surface area contributed by atoms with Gasteiger partial charge in [-0.15, -0.1) is 0 Å². The molecule has 1 aromatic carbocycles. The number of fused-ring (bicyclic) bond motifs is 2. The number of allylic oxidation sites excluding steroid dienone is 2. The molecule has 0 saturated carbocycles. The van der Waals surface area contributed by atoms with Crippen molar-refractivity contribution < 1.29 is 24.2 Å². The SMILES string of the molecule is COC(=O)[C@@H]1CC[C@@H](Nc2ccc3c(c2)COCCCC2=C3N(O)NC(OC)=C2)CN1. The normalized spacial score (nSPS) is 23.8. The van der Waals surface area contributed by atoms with Gasteiger partial charge >= 0.3 is 5.97 Å². The zero-order chi connectivity index (χ0) is 21.8. The van der Waals surface area contributed by atoms with Crippen LogP contribution in [-0.2, 0) is 25.6 Å². The summed E-state index contributed by atoms with van der Waals surface area (Å²) in [5, 5.41) is 18.4. The van der Waals surface area contributed by atoms with Gasteiger partial charge in [-0.3, -0.25) is 10.0 Å². The van der Waals surface area contributed by atoms with Crippen LogP contribution in [0.3, 0.4) is 0 Å². The number of benzene rings is 1. The number of rotatable bonds is 4. The molecule has 4 rings (SSSR count). The molecule has 4 N–H and O–H groups in total. The number of anilines is 1. The first-order chi connectivity index (χ1) is 15.1. The Morgan fingerprint density at radius 2 is 2.19 bits per heavy atom. The number of hydrogen-bond donors (Lipinski definition) is 4. The highest BCUT2D eigenvalue weighted by atomic mass is 16.6. The van der Waals surface area contributed by atoms with Crippen molar-refractivity contribution in [3.63, 3.8) is 0 Å². The molecule has 9 heteroatoms. The molecule has 9 nitrogen and oxygen atoms in total. The molecule has 0 aliphatic carbocycles. The van der Waals surface area contributed by atoms with Crippen molar-refractivity contribution in [2.24, 2.45) is 0 Å². The van der Waals surface area contributed by atoms with E-state index in [1.165, 1.54) is 7.11 Å². The largest absolute Gasteiger partial charge is 0.481 e. The van der Waals surface area contributed by atoms with Crippen LogP contribution < -0.4 is 16.1 Å².